The summed E-state index contributed by atoms with van der Waals surface area (Å²) in [7, 11) is 0. The lowest BCUT2D eigenvalue weighted by atomic mass is 10.1. The number of amides is 1. The van der Waals surface area contributed by atoms with Gasteiger partial charge in [0.25, 0.3) is 5.91 Å². The van der Waals surface area contributed by atoms with E-state index in [1.54, 1.807) is 54.8 Å². The number of carbonyl (C=O) groups excluding carboxylic acids is 1. The Balaban J connectivity index is 0.00000184. The summed E-state index contributed by atoms with van der Waals surface area (Å²) in [6, 6.07) is 10.6. The Kier molecular flexibility index (Phi) is 13.4. The lowest BCUT2D eigenvalue weighted by molar-refractivity contribution is 0.0958. The van der Waals surface area contributed by atoms with Crippen molar-refractivity contribution < 1.29 is 4.79 Å². The van der Waals surface area contributed by atoms with Crippen molar-refractivity contribution in [1.29, 1.82) is 5.26 Å². The highest BCUT2D eigenvalue weighted by Gasteiger charge is 2.07. The van der Waals surface area contributed by atoms with Gasteiger partial charge in [-0.05, 0) is 30.4 Å². The number of nitrogens with one attached hydrogen (secondary N) is 2. The minimum atomic E-state index is -0.289. The Hall–Kier alpha value is -3.72. The van der Waals surface area contributed by atoms with E-state index in [1.807, 2.05) is 33.8 Å². The SMILES string of the molecule is C=C/C=C(\C=C)Nc1nccc(-c2ccc(C(=O)NCC#N)cc2)n1.CC.CC. The molecular weight excluding hydrogens is 362 g/mol. The van der Waals surface area contributed by atoms with E-state index in [1.165, 1.54) is 0 Å². The fourth-order valence-corrected chi connectivity index (χ4v) is 2.01. The third-order valence-electron chi connectivity index (χ3n) is 3.20. The Morgan fingerprint density at radius 1 is 1.14 bits per heavy atom. The second-order valence-electron chi connectivity index (χ2n) is 4.87. The summed E-state index contributed by atoms with van der Waals surface area (Å²) < 4.78 is 0. The molecule has 0 radical (unpaired) electrons. The molecule has 1 amide bonds. The summed E-state index contributed by atoms with van der Waals surface area (Å²) in [5, 5.41) is 14.0. The molecule has 1 heterocycles. The monoisotopic (exact) mass is 391 g/mol. The van der Waals surface area contributed by atoms with E-state index in [0.29, 0.717) is 17.2 Å². The zero-order chi connectivity index (χ0) is 22.1. The van der Waals surface area contributed by atoms with Crippen molar-refractivity contribution in [3.05, 3.63) is 79.2 Å². The first-order chi connectivity index (χ1) is 14.2. The normalized spacial score (nSPS) is 9.41. The van der Waals surface area contributed by atoms with E-state index in [9.17, 15) is 4.79 Å². The molecule has 2 N–H and O–H groups in total. The molecule has 2 rings (SSSR count). The van der Waals surface area contributed by atoms with Crippen LogP contribution in [0, 0.1) is 11.3 Å². The van der Waals surface area contributed by atoms with Crippen molar-refractivity contribution in [2.75, 3.05) is 11.9 Å². The van der Waals surface area contributed by atoms with Crippen molar-refractivity contribution in [1.82, 2.24) is 15.3 Å². The predicted octanol–water partition coefficient (Wildman–Crippen LogP) is 5.12. The highest BCUT2D eigenvalue weighted by atomic mass is 16.1. The smallest absolute Gasteiger partial charge is 0.252 e. The van der Waals surface area contributed by atoms with Crippen LogP contribution < -0.4 is 10.6 Å². The minimum Gasteiger partial charge on any atom is -0.339 e. The van der Waals surface area contributed by atoms with Gasteiger partial charge in [-0.25, -0.2) is 9.97 Å². The zero-order valence-corrected chi connectivity index (χ0v) is 17.6. The third-order valence-corrected chi connectivity index (χ3v) is 3.20. The molecule has 1 aromatic heterocycles. The van der Waals surface area contributed by atoms with Crippen LogP contribution in [0.1, 0.15) is 38.1 Å². The van der Waals surface area contributed by atoms with Crippen LogP contribution >= 0.6 is 0 Å². The van der Waals surface area contributed by atoms with Gasteiger partial charge in [0, 0.05) is 23.0 Å². The van der Waals surface area contributed by atoms with E-state index >= 15 is 0 Å². The number of aromatic nitrogens is 2. The molecule has 0 saturated carbocycles. The number of anilines is 1. The van der Waals surface area contributed by atoms with Crippen LogP contribution in [-0.2, 0) is 0 Å². The van der Waals surface area contributed by atoms with Gasteiger partial charge in [0.15, 0.2) is 0 Å². The van der Waals surface area contributed by atoms with Gasteiger partial charge in [-0.2, -0.15) is 5.26 Å². The Morgan fingerprint density at radius 3 is 2.34 bits per heavy atom. The molecule has 1 aromatic carbocycles. The van der Waals surface area contributed by atoms with Crippen molar-refractivity contribution in [2.24, 2.45) is 0 Å². The minimum absolute atomic E-state index is 0.0224. The standard InChI is InChI=1S/C19H17N5O.2C2H6/c1-3-5-16(4-2)23-19-22-12-10-17(24-19)14-6-8-15(9-7-14)18(25)21-13-11-20;2*1-2/h3-10,12H,1-2,13H2,(H,21,25)(H,22,23,24);2*1-2H3/b16-5+;;. The molecule has 6 nitrogen and oxygen atoms in total. The van der Waals surface area contributed by atoms with Gasteiger partial charge in [0.2, 0.25) is 5.95 Å². The third kappa shape index (κ3) is 8.67. The molecule has 0 atom stereocenters. The quantitative estimate of drug-likeness (QED) is 0.505. The number of nitriles is 1. The van der Waals surface area contributed by atoms with Crippen LogP contribution in [0.25, 0.3) is 11.3 Å². The van der Waals surface area contributed by atoms with E-state index in [2.05, 4.69) is 33.8 Å². The van der Waals surface area contributed by atoms with Gasteiger partial charge in [-0.15, -0.1) is 0 Å². The van der Waals surface area contributed by atoms with E-state index in [-0.39, 0.29) is 12.5 Å². The van der Waals surface area contributed by atoms with Crippen LogP contribution in [0.15, 0.2) is 73.6 Å². The molecule has 2 aromatic rings. The Labute approximate surface area is 173 Å². The highest BCUT2D eigenvalue weighted by Crippen LogP contribution is 2.19. The topological polar surface area (TPSA) is 90.7 Å². The molecule has 0 aliphatic heterocycles. The molecule has 0 fully saturated rings. The first-order valence-electron chi connectivity index (χ1n) is 9.48. The summed E-state index contributed by atoms with van der Waals surface area (Å²) in [5.41, 5.74) is 2.77. The summed E-state index contributed by atoms with van der Waals surface area (Å²) in [6.07, 6.45) is 6.70. The maximum Gasteiger partial charge on any atom is 0.252 e. The molecule has 152 valence electrons. The van der Waals surface area contributed by atoms with Gasteiger partial charge in [0.05, 0.1) is 11.8 Å². The molecule has 29 heavy (non-hydrogen) atoms. The summed E-state index contributed by atoms with van der Waals surface area (Å²) >= 11 is 0. The molecule has 6 heteroatoms. The maximum atomic E-state index is 11.8. The summed E-state index contributed by atoms with van der Waals surface area (Å²) in [4.78, 5) is 20.4. The van der Waals surface area contributed by atoms with Gasteiger partial charge in [-0.3, -0.25) is 4.79 Å². The first kappa shape index (κ1) is 25.3. The van der Waals surface area contributed by atoms with Crippen LogP contribution in [0.2, 0.25) is 0 Å². The molecule has 0 saturated heterocycles. The number of carbonyl (C=O) groups is 1. The lowest BCUT2D eigenvalue weighted by Gasteiger charge is -2.07. The van der Waals surface area contributed by atoms with Crippen molar-refractivity contribution >= 4 is 11.9 Å². The molecule has 0 unspecified atom stereocenters. The second kappa shape index (κ2) is 15.3. The van der Waals surface area contributed by atoms with Gasteiger partial charge >= 0.3 is 0 Å². The lowest BCUT2D eigenvalue weighted by Crippen LogP contribution is -2.23. The number of nitrogens with zero attached hydrogens (tertiary/aromatic N) is 3. The van der Waals surface area contributed by atoms with Crippen LogP contribution in [0.5, 0.6) is 0 Å². The average molecular weight is 392 g/mol. The molecule has 0 bridgehead atoms. The first-order valence-corrected chi connectivity index (χ1v) is 9.48. The molecule has 0 aliphatic rings. The largest absolute Gasteiger partial charge is 0.339 e. The number of rotatable bonds is 7. The zero-order valence-electron chi connectivity index (χ0n) is 17.6. The fourth-order valence-electron chi connectivity index (χ4n) is 2.01. The Morgan fingerprint density at radius 2 is 1.79 bits per heavy atom. The summed E-state index contributed by atoms with van der Waals surface area (Å²) in [5.74, 6) is 0.143. The number of hydrogen-bond donors (Lipinski definition) is 2. The number of benzene rings is 1. The van der Waals surface area contributed by atoms with E-state index in [4.69, 9.17) is 5.26 Å². The highest BCUT2D eigenvalue weighted by molar-refractivity contribution is 5.94. The maximum absolute atomic E-state index is 11.8. The summed E-state index contributed by atoms with van der Waals surface area (Å²) in [6.45, 7) is 15.3. The van der Waals surface area contributed by atoms with Crippen LogP contribution in [0.4, 0.5) is 5.95 Å². The van der Waals surface area contributed by atoms with E-state index in [0.717, 1.165) is 11.3 Å². The molecular formula is C23H29N5O. The fraction of sp³-hybridized carbons (Fsp3) is 0.217. The molecule has 0 spiro atoms. The van der Waals surface area contributed by atoms with Crippen LogP contribution in [0.3, 0.4) is 0 Å². The average Bonchev–Trinajstić information content (AvgIpc) is 2.80. The van der Waals surface area contributed by atoms with Gasteiger partial charge < -0.3 is 10.6 Å². The van der Waals surface area contributed by atoms with Crippen molar-refractivity contribution in [3.63, 3.8) is 0 Å². The van der Waals surface area contributed by atoms with Crippen LogP contribution in [-0.4, -0.2) is 22.4 Å². The predicted molar refractivity (Wildman–Crippen MR) is 120 cm³/mol. The number of allylic oxidation sites excluding steroid dienone is 3. The molecule has 0 aliphatic carbocycles. The van der Waals surface area contributed by atoms with Gasteiger partial charge in [-0.1, -0.05) is 59.1 Å². The number of hydrogen-bond acceptors (Lipinski definition) is 5. The second-order valence-corrected chi connectivity index (χ2v) is 4.87. The van der Waals surface area contributed by atoms with Gasteiger partial charge in [0.1, 0.15) is 6.54 Å². The Bertz CT molecular complexity index is 848. The van der Waals surface area contributed by atoms with Crippen molar-refractivity contribution in [2.45, 2.75) is 27.7 Å². The van der Waals surface area contributed by atoms with E-state index < -0.39 is 0 Å². The van der Waals surface area contributed by atoms with Crippen molar-refractivity contribution in [3.8, 4) is 17.3 Å².